The smallest absolute Gasteiger partial charge is 0.255 e. The molecule has 0 saturated heterocycles. The number of hydrogen-bond acceptors (Lipinski definition) is 4. The van der Waals surface area contributed by atoms with E-state index in [0.717, 1.165) is 6.42 Å². The Bertz CT molecular complexity index is 634. The zero-order valence-electron chi connectivity index (χ0n) is 12.2. The summed E-state index contributed by atoms with van der Waals surface area (Å²) < 4.78 is 10.5. The van der Waals surface area contributed by atoms with Gasteiger partial charge in [0.1, 0.15) is 5.75 Å². The van der Waals surface area contributed by atoms with Crippen molar-refractivity contribution in [1.29, 1.82) is 0 Å². The van der Waals surface area contributed by atoms with Crippen LogP contribution in [0.25, 0.3) is 0 Å². The number of carbonyl (C=O) groups is 1. The van der Waals surface area contributed by atoms with E-state index in [1.165, 1.54) is 0 Å². The Kier molecular flexibility index (Phi) is 6.18. The zero-order valence-corrected chi connectivity index (χ0v) is 13.0. The molecule has 5 nitrogen and oxygen atoms in total. The van der Waals surface area contributed by atoms with Crippen LogP contribution in [-0.4, -0.2) is 31.2 Å². The molecule has 1 aromatic carbocycles. The van der Waals surface area contributed by atoms with E-state index >= 15 is 0 Å². The highest BCUT2D eigenvalue weighted by molar-refractivity contribution is 6.32. The highest BCUT2D eigenvalue weighted by atomic mass is 35.5. The molecule has 0 fully saturated rings. The maximum atomic E-state index is 12.2. The lowest BCUT2D eigenvalue weighted by Gasteiger charge is -2.09. The SMILES string of the molecule is COCCCOc1cccc(C(=O)Nc2cccnc2Cl)c1. The minimum Gasteiger partial charge on any atom is -0.493 e. The monoisotopic (exact) mass is 320 g/mol. The average Bonchev–Trinajstić information content (AvgIpc) is 2.54. The molecule has 0 bridgehead atoms. The maximum Gasteiger partial charge on any atom is 0.255 e. The number of halogens is 1. The Balaban J connectivity index is 1.99. The van der Waals surface area contributed by atoms with E-state index in [1.54, 1.807) is 49.7 Å². The number of aromatic nitrogens is 1. The van der Waals surface area contributed by atoms with Gasteiger partial charge in [-0.2, -0.15) is 0 Å². The van der Waals surface area contributed by atoms with Crippen molar-refractivity contribution in [2.45, 2.75) is 6.42 Å². The van der Waals surface area contributed by atoms with Gasteiger partial charge in [-0.15, -0.1) is 0 Å². The molecule has 1 aromatic heterocycles. The third-order valence-corrected chi connectivity index (χ3v) is 3.17. The minimum absolute atomic E-state index is 0.253. The van der Waals surface area contributed by atoms with Crippen molar-refractivity contribution in [2.75, 3.05) is 25.6 Å². The first kappa shape index (κ1) is 16.3. The van der Waals surface area contributed by atoms with Crippen LogP contribution in [0.2, 0.25) is 5.15 Å². The van der Waals surface area contributed by atoms with Crippen LogP contribution in [0, 0.1) is 0 Å². The van der Waals surface area contributed by atoms with Gasteiger partial charge < -0.3 is 14.8 Å². The Morgan fingerprint density at radius 2 is 2.14 bits per heavy atom. The molecule has 0 aliphatic rings. The number of methoxy groups -OCH3 is 1. The lowest BCUT2D eigenvalue weighted by atomic mass is 10.2. The van der Waals surface area contributed by atoms with Gasteiger partial charge in [-0.25, -0.2) is 4.98 Å². The molecule has 0 radical (unpaired) electrons. The molecule has 0 spiro atoms. The highest BCUT2D eigenvalue weighted by Gasteiger charge is 2.09. The van der Waals surface area contributed by atoms with Crippen LogP contribution in [-0.2, 0) is 4.74 Å². The fourth-order valence-corrected chi connectivity index (χ4v) is 1.96. The fourth-order valence-electron chi connectivity index (χ4n) is 1.79. The van der Waals surface area contributed by atoms with Gasteiger partial charge in [-0.3, -0.25) is 4.79 Å². The summed E-state index contributed by atoms with van der Waals surface area (Å²) in [4.78, 5) is 16.1. The van der Waals surface area contributed by atoms with E-state index in [2.05, 4.69) is 10.3 Å². The number of hydrogen-bond donors (Lipinski definition) is 1. The standard InChI is InChI=1S/C16H17ClN2O3/c1-21-9-4-10-22-13-6-2-5-12(11-13)16(20)19-14-7-3-8-18-15(14)17/h2-3,5-8,11H,4,9-10H2,1H3,(H,19,20). The van der Waals surface area contributed by atoms with Crippen LogP contribution in [0.5, 0.6) is 5.75 Å². The summed E-state index contributed by atoms with van der Waals surface area (Å²) in [5.74, 6) is 0.373. The molecule has 1 amide bonds. The third-order valence-electron chi connectivity index (χ3n) is 2.87. The second-order valence-corrected chi connectivity index (χ2v) is 4.88. The lowest BCUT2D eigenvalue weighted by Crippen LogP contribution is -2.12. The molecule has 0 aliphatic carbocycles. The molecule has 6 heteroatoms. The summed E-state index contributed by atoms with van der Waals surface area (Å²) in [7, 11) is 1.65. The van der Waals surface area contributed by atoms with Crippen LogP contribution in [0.15, 0.2) is 42.6 Å². The lowest BCUT2D eigenvalue weighted by molar-refractivity contribution is 0.102. The number of pyridine rings is 1. The molecular formula is C16H17ClN2O3. The number of nitrogens with one attached hydrogen (secondary N) is 1. The summed E-state index contributed by atoms with van der Waals surface area (Å²) in [5, 5.41) is 2.97. The number of benzene rings is 1. The molecule has 22 heavy (non-hydrogen) atoms. The molecule has 0 aliphatic heterocycles. The maximum absolute atomic E-state index is 12.2. The van der Waals surface area contributed by atoms with Crippen molar-refractivity contribution in [2.24, 2.45) is 0 Å². The molecule has 1 N–H and O–H groups in total. The Morgan fingerprint density at radius 3 is 2.91 bits per heavy atom. The predicted molar refractivity (Wildman–Crippen MR) is 85.6 cm³/mol. The summed E-state index contributed by atoms with van der Waals surface area (Å²) in [6.07, 6.45) is 2.35. The van der Waals surface area contributed by atoms with E-state index in [1.807, 2.05) is 0 Å². The molecule has 2 aromatic rings. The first-order chi connectivity index (χ1) is 10.7. The quantitative estimate of drug-likeness (QED) is 0.627. The molecule has 116 valence electrons. The molecule has 0 atom stereocenters. The molecule has 0 unspecified atom stereocenters. The second-order valence-electron chi connectivity index (χ2n) is 4.52. The van der Waals surface area contributed by atoms with Crippen molar-refractivity contribution < 1.29 is 14.3 Å². The number of carbonyl (C=O) groups excluding carboxylic acids is 1. The molecular weight excluding hydrogens is 304 g/mol. The van der Waals surface area contributed by atoms with E-state index in [4.69, 9.17) is 21.1 Å². The minimum atomic E-state index is -0.266. The van der Waals surface area contributed by atoms with E-state index in [9.17, 15) is 4.79 Å². The topological polar surface area (TPSA) is 60.5 Å². The van der Waals surface area contributed by atoms with Gasteiger partial charge in [0.15, 0.2) is 5.15 Å². The number of rotatable bonds is 7. The number of anilines is 1. The first-order valence-corrected chi connectivity index (χ1v) is 7.22. The van der Waals surface area contributed by atoms with E-state index in [0.29, 0.717) is 30.2 Å². The van der Waals surface area contributed by atoms with E-state index in [-0.39, 0.29) is 11.1 Å². The fraction of sp³-hybridized carbons (Fsp3) is 0.250. The van der Waals surface area contributed by atoms with Gasteiger partial charge in [0.2, 0.25) is 0 Å². The van der Waals surface area contributed by atoms with Crippen molar-refractivity contribution in [3.05, 3.63) is 53.3 Å². The predicted octanol–water partition coefficient (Wildman–Crippen LogP) is 3.40. The average molecular weight is 321 g/mol. The van der Waals surface area contributed by atoms with Gasteiger partial charge in [-0.1, -0.05) is 17.7 Å². The van der Waals surface area contributed by atoms with Gasteiger partial charge >= 0.3 is 0 Å². The van der Waals surface area contributed by atoms with Crippen LogP contribution in [0.1, 0.15) is 16.8 Å². The Hall–Kier alpha value is -2.11. The van der Waals surface area contributed by atoms with Crippen molar-refractivity contribution in [3.8, 4) is 5.75 Å². The Labute approximate surface area is 134 Å². The van der Waals surface area contributed by atoms with Gasteiger partial charge in [0.05, 0.1) is 12.3 Å². The van der Waals surface area contributed by atoms with Crippen LogP contribution in [0.4, 0.5) is 5.69 Å². The normalized spacial score (nSPS) is 10.3. The number of amides is 1. The van der Waals surface area contributed by atoms with Crippen LogP contribution >= 0.6 is 11.6 Å². The summed E-state index contributed by atoms with van der Waals surface area (Å²) in [6.45, 7) is 1.17. The first-order valence-electron chi connectivity index (χ1n) is 6.84. The zero-order chi connectivity index (χ0) is 15.8. The number of nitrogens with zero attached hydrogens (tertiary/aromatic N) is 1. The summed E-state index contributed by atoms with van der Waals surface area (Å²) in [6, 6.07) is 10.4. The second kappa shape index (κ2) is 8.36. The summed E-state index contributed by atoms with van der Waals surface area (Å²) >= 11 is 5.92. The molecule has 2 rings (SSSR count). The van der Waals surface area contributed by atoms with E-state index < -0.39 is 0 Å². The summed E-state index contributed by atoms with van der Waals surface area (Å²) in [5.41, 5.74) is 0.963. The third kappa shape index (κ3) is 4.72. The molecule has 1 heterocycles. The van der Waals surface area contributed by atoms with Crippen LogP contribution in [0.3, 0.4) is 0 Å². The van der Waals surface area contributed by atoms with Gasteiger partial charge in [0, 0.05) is 31.9 Å². The Morgan fingerprint density at radius 1 is 1.27 bits per heavy atom. The molecule has 0 saturated carbocycles. The van der Waals surface area contributed by atoms with Crippen LogP contribution < -0.4 is 10.1 Å². The highest BCUT2D eigenvalue weighted by Crippen LogP contribution is 2.20. The van der Waals surface area contributed by atoms with Gasteiger partial charge in [-0.05, 0) is 30.3 Å². The largest absolute Gasteiger partial charge is 0.493 e. The van der Waals surface area contributed by atoms with Crippen molar-refractivity contribution >= 4 is 23.2 Å². The van der Waals surface area contributed by atoms with Gasteiger partial charge in [0.25, 0.3) is 5.91 Å². The van der Waals surface area contributed by atoms with Crippen molar-refractivity contribution in [3.63, 3.8) is 0 Å². The number of ether oxygens (including phenoxy) is 2. The van der Waals surface area contributed by atoms with Crippen molar-refractivity contribution in [1.82, 2.24) is 4.98 Å².